The summed E-state index contributed by atoms with van der Waals surface area (Å²) >= 11 is 3.60. The van der Waals surface area contributed by atoms with Crippen molar-refractivity contribution in [1.29, 1.82) is 0 Å². The van der Waals surface area contributed by atoms with Gasteiger partial charge in [-0.2, -0.15) is 0 Å². The molecular formula is C18H13BrO2. The summed E-state index contributed by atoms with van der Waals surface area (Å²) in [5, 5.41) is 2.24. The van der Waals surface area contributed by atoms with Crippen LogP contribution in [0.4, 0.5) is 0 Å². The van der Waals surface area contributed by atoms with Crippen LogP contribution in [0, 0.1) is 6.92 Å². The third kappa shape index (κ3) is 2.69. The van der Waals surface area contributed by atoms with E-state index in [0.717, 1.165) is 32.8 Å². The Labute approximate surface area is 131 Å². The van der Waals surface area contributed by atoms with Gasteiger partial charge in [-0.1, -0.05) is 42.5 Å². The van der Waals surface area contributed by atoms with Gasteiger partial charge in [-0.25, -0.2) is 0 Å². The molecule has 0 radical (unpaired) electrons. The molecule has 3 heteroatoms. The normalized spacial score (nSPS) is 10.6. The maximum Gasteiger partial charge on any atom is 0.150 e. The number of carbonyl (C=O) groups is 1. The number of fused-ring (bicyclic) bond motifs is 1. The zero-order chi connectivity index (χ0) is 14.8. The number of carbonyl (C=O) groups excluding carboxylic acids is 1. The second kappa shape index (κ2) is 5.70. The molecule has 0 spiro atoms. The summed E-state index contributed by atoms with van der Waals surface area (Å²) < 4.78 is 6.90. The van der Waals surface area contributed by atoms with Gasteiger partial charge in [-0.15, -0.1) is 0 Å². The third-order valence-electron chi connectivity index (χ3n) is 3.40. The third-order valence-corrected chi connectivity index (χ3v) is 4.21. The average molecular weight is 341 g/mol. The Morgan fingerprint density at radius 3 is 2.62 bits per heavy atom. The van der Waals surface area contributed by atoms with Crippen molar-refractivity contribution < 1.29 is 9.53 Å². The fourth-order valence-corrected chi connectivity index (χ4v) is 2.79. The summed E-state index contributed by atoms with van der Waals surface area (Å²) in [4.78, 5) is 10.9. The SMILES string of the molecule is Cc1ccc(C=O)cc1Oc1ccc2ccccc2c1Br. The van der Waals surface area contributed by atoms with E-state index in [-0.39, 0.29) is 0 Å². The van der Waals surface area contributed by atoms with Crippen LogP contribution in [0.3, 0.4) is 0 Å². The van der Waals surface area contributed by atoms with Crippen LogP contribution in [0.1, 0.15) is 15.9 Å². The van der Waals surface area contributed by atoms with Crippen LogP contribution in [0.5, 0.6) is 11.5 Å². The number of aryl methyl sites for hydroxylation is 1. The molecule has 21 heavy (non-hydrogen) atoms. The van der Waals surface area contributed by atoms with Crippen molar-refractivity contribution in [3.05, 3.63) is 70.2 Å². The first kappa shape index (κ1) is 13.8. The summed E-state index contributed by atoms with van der Waals surface area (Å²) in [5.74, 6) is 1.43. The Kier molecular flexibility index (Phi) is 3.76. The second-order valence-electron chi connectivity index (χ2n) is 4.84. The first-order chi connectivity index (χ1) is 10.2. The molecule has 0 unspecified atom stereocenters. The van der Waals surface area contributed by atoms with E-state index in [1.54, 1.807) is 12.1 Å². The number of aldehydes is 1. The second-order valence-corrected chi connectivity index (χ2v) is 5.64. The van der Waals surface area contributed by atoms with E-state index in [1.165, 1.54) is 0 Å². The monoisotopic (exact) mass is 340 g/mol. The van der Waals surface area contributed by atoms with Crippen molar-refractivity contribution in [1.82, 2.24) is 0 Å². The van der Waals surface area contributed by atoms with E-state index < -0.39 is 0 Å². The quantitative estimate of drug-likeness (QED) is 0.587. The van der Waals surface area contributed by atoms with Crippen LogP contribution in [0.2, 0.25) is 0 Å². The Bertz CT molecular complexity index is 825. The fourth-order valence-electron chi connectivity index (χ4n) is 2.21. The van der Waals surface area contributed by atoms with E-state index >= 15 is 0 Å². The molecule has 0 aliphatic heterocycles. The highest BCUT2D eigenvalue weighted by atomic mass is 79.9. The molecule has 0 N–H and O–H groups in total. The molecule has 0 atom stereocenters. The Hall–Kier alpha value is -2.13. The van der Waals surface area contributed by atoms with Gasteiger partial charge in [0.05, 0.1) is 4.47 Å². The lowest BCUT2D eigenvalue weighted by Crippen LogP contribution is -1.91. The van der Waals surface area contributed by atoms with E-state index in [9.17, 15) is 4.79 Å². The average Bonchev–Trinajstić information content (AvgIpc) is 2.52. The minimum atomic E-state index is 0.604. The van der Waals surface area contributed by atoms with E-state index in [4.69, 9.17) is 4.74 Å². The van der Waals surface area contributed by atoms with Crippen LogP contribution < -0.4 is 4.74 Å². The Morgan fingerprint density at radius 2 is 1.81 bits per heavy atom. The van der Waals surface area contributed by atoms with Gasteiger partial charge >= 0.3 is 0 Å². The number of benzene rings is 3. The topological polar surface area (TPSA) is 26.3 Å². The lowest BCUT2D eigenvalue weighted by atomic mass is 10.1. The van der Waals surface area contributed by atoms with Crippen molar-refractivity contribution in [2.45, 2.75) is 6.92 Å². The summed E-state index contributed by atoms with van der Waals surface area (Å²) in [5.41, 5.74) is 1.59. The smallest absolute Gasteiger partial charge is 0.150 e. The lowest BCUT2D eigenvalue weighted by Gasteiger charge is -2.12. The van der Waals surface area contributed by atoms with Gasteiger partial charge in [-0.3, -0.25) is 4.79 Å². The first-order valence-electron chi connectivity index (χ1n) is 6.60. The highest BCUT2D eigenvalue weighted by Crippen LogP contribution is 2.36. The molecule has 0 saturated carbocycles. The zero-order valence-corrected chi connectivity index (χ0v) is 13.1. The zero-order valence-electron chi connectivity index (χ0n) is 11.5. The van der Waals surface area contributed by atoms with Gasteiger partial charge < -0.3 is 4.74 Å². The Morgan fingerprint density at radius 1 is 1.00 bits per heavy atom. The molecule has 0 heterocycles. The number of hydrogen-bond acceptors (Lipinski definition) is 2. The summed E-state index contributed by atoms with van der Waals surface area (Å²) in [7, 11) is 0. The number of ether oxygens (including phenoxy) is 1. The van der Waals surface area contributed by atoms with E-state index in [0.29, 0.717) is 11.3 Å². The molecule has 3 rings (SSSR count). The number of halogens is 1. The minimum Gasteiger partial charge on any atom is -0.456 e. The van der Waals surface area contributed by atoms with Crippen molar-refractivity contribution >= 4 is 33.0 Å². The van der Waals surface area contributed by atoms with Gasteiger partial charge in [0, 0.05) is 5.56 Å². The van der Waals surface area contributed by atoms with E-state index in [2.05, 4.69) is 22.0 Å². The van der Waals surface area contributed by atoms with Crippen LogP contribution in [-0.4, -0.2) is 6.29 Å². The predicted octanol–water partition coefficient (Wildman–Crippen LogP) is 5.52. The molecule has 0 bridgehead atoms. The maximum atomic E-state index is 10.9. The van der Waals surface area contributed by atoms with Crippen LogP contribution in [-0.2, 0) is 0 Å². The predicted molar refractivity (Wildman–Crippen MR) is 88.3 cm³/mol. The number of hydrogen-bond donors (Lipinski definition) is 0. The van der Waals surface area contributed by atoms with Crippen LogP contribution >= 0.6 is 15.9 Å². The van der Waals surface area contributed by atoms with Crippen LogP contribution in [0.25, 0.3) is 10.8 Å². The molecule has 0 fully saturated rings. The van der Waals surface area contributed by atoms with Crippen molar-refractivity contribution in [2.24, 2.45) is 0 Å². The lowest BCUT2D eigenvalue weighted by molar-refractivity contribution is 0.112. The summed E-state index contributed by atoms with van der Waals surface area (Å²) in [6.07, 6.45) is 0.821. The van der Waals surface area contributed by atoms with Gasteiger partial charge in [0.15, 0.2) is 0 Å². The molecular weight excluding hydrogens is 328 g/mol. The fraction of sp³-hybridized carbons (Fsp3) is 0.0556. The minimum absolute atomic E-state index is 0.604. The molecule has 2 nitrogen and oxygen atoms in total. The van der Waals surface area contributed by atoms with Crippen molar-refractivity contribution in [3.63, 3.8) is 0 Å². The molecule has 3 aromatic rings. The molecule has 3 aromatic carbocycles. The first-order valence-corrected chi connectivity index (χ1v) is 7.39. The molecule has 0 aliphatic carbocycles. The highest BCUT2D eigenvalue weighted by Gasteiger charge is 2.09. The van der Waals surface area contributed by atoms with Gasteiger partial charge in [0.25, 0.3) is 0 Å². The van der Waals surface area contributed by atoms with Crippen molar-refractivity contribution in [2.75, 3.05) is 0 Å². The van der Waals surface area contributed by atoms with Gasteiger partial charge in [-0.05, 0) is 51.3 Å². The van der Waals surface area contributed by atoms with E-state index in [1.807, 2.05) is 43.3 Å². The molecule has 104 valence electrons. The Balaban J connectivity index is 2.06. The van der Waals surface area contributed by atoms with Gasteiger partial charge in [0.1, 0.15) is 17.8 Å². The largest absolute Gasteiger partial charge is 0.456 e. The van der Waals surface area contributed by atoms with Crippen molar-refractivity contribution in [3.8, 4) is 11.5 Å². The maximum absolute atomic E-state index is 10.9. The summed E-state index contributed by atoms with van der Waals surface area (Å²) in [6.45, 7) is 1.96. The van der Waals surface area contributed by atoms with Crippen LogP contribution in [0.15, 0.2) is 59.1 Å². The van der Waals surface area contributed by atoms with Gasteiger partial charge in [0.2, 0.25) is 0 Å². The standard InChI is InChI=1S/C18H13BrO2/c1-12-6-7-13(11-20)10-17(12)21-16-9-8-14-4-2-3-5-15(14)18(16)19/h2-11H,1H3. The number of rotatable bonds is 3. The molecule has 0 aliphatic rings. The summed E-state index contributed by atoms with van der Waals surface area (Å²) in [6, 6.07) is 17.5. The molecule has 0 amide bonds. The molecule has 0 saturated heterocycles. The highest BCUT2D eigenvalue weighted by molar-refractivity contribution is 9.10. The molecule has 0 aromatic heterocycles.